The number of carbonyl (C=O) groups is 4. The predicted octanol–water partition coefficient (Wildman–Crippen LogP) is -0.308. The number of aromatic amines is 1. The summed E-state index contributed by atoms with van der Waals surface area (Å²) >= 11 is 0. The summed E-state index contributed by atoms with van der Waals surface area (Å²) in [6, 6.07) is 9.11. The van der Waals surface area contributed by atoms with Crippen LogP contribution in [0.4, 0.5) is 0 Å². The second-order valence-corrected chi connectivity index (χ2v) is 6.32. The first-order valence-electron chi connectivity index (χ1n) is 9.03. The van der Waals surface area contributed by atoms with Gasteiger partial charge >= 0.3 is 0 Å². The summed E-state index contributed by atoms with van der Waals surface area (Å²) < 4.78 is 0. The van der Waals surface area contributed by atoms with Crippen molar-refractivity contribution in [3.63, 3.8) is 0 Å². The van der Waals surface area contributed by atoms with Crippen LogP contribution in [0.15, 0.2) is 41.2 Å². The third-order valence-corrected chi connectivity index (χ3v) is 4.31. The molecule has 1 aliphatic heterocycles. The van der Waals surface area contributed by atoms with Crippen molar-refractivity contribution < 1.29 is 19.2 Å². The Kier molecular flexibility index (Phi) is 6.12. The Bertz CT molecular complexity index is 961. The second-order valence-electron chi connectivity index (χ2n) is 6.32. The fourth-order valence-electron chi connectivity index (χ4n) is 2.87. The van der Waals surface area contributed by atoms with Crippen molar-refractivity contribution in [1.29, 1.82) is 0 Å². The third kappa shape index (κ3) is 4.72. The van der Waals surface area contributed by atoms with Crippen molar-refractivity contribution in [3.8, 4) is 0 Å². The molecule has 3 N–H and O–H groups in total. The Balaban J connectivity index is 1.34. The number of rotatable bonds is 8. The molecule has 2 heterocycles. The number of carbonyl (C=O) groups excluding carboxylic acids is 4. The van der Waals surface area contributed by atoms with Gasteiger partial charge in [0.2, 0.25) is 5.91 Å². The average molecular weight is 397 g/mol. The molecule has 0 atom stereocenters. The quantitative estimate of drug-likeness (QED) is 0.412. The minimum Gasteiger partial charge on any atom is -0.354 e. The van der Waals surface area contributed by atoms with Gasteiger partial charge in [-0.15, -0.1) is 0 Å². The van der Waals surface area contributed by atoms with E-state index in [0.29, 0.717) is 17.5 Å². The highest BCUT2D eigenvalue weighted by molar-refractivity contribution is 6.21. The fourth-order valence-corrected chi connectivity index (χ4v) is 2.87. The molecule has 2 aromatic rings. The van der Waals surface area contributed by atoms with Gasteiger partial charge in [-0.05, 0) is 24.6 Å². The Morgan fingerprint density at radius 1 is 0.931 bits per heavy atom. The van der Waals surface area contributed by atoms with E-state index >= 15 is 0 Å². The maximum Gasteiger partial charge on any atom is 0.271 e. The van der Waals surface area contributed by atoms with E-state index in [2.05, 4.69) is 20.8 Å². The van der Waals surface area contributed by atoms with E-state index in [1.54, 1.807) is 24.3 Å². The second kappa shape index (κ2) is 8.91. The molecule has 10 heteroatoms. The lowest BCUT2D eigenvalue weighted by molar-refractivity contribution is -0.121. The van der Waals surface area contributed by atoms with Gasteiger partial charge in [0.25, 0.3) is 23.3 Å². The predicted molar refractivity (Wildman–Crippen MR) is 101 cm³/mol. The van der Waals surface area contributed by atoms with Crippen molar-refractivity contribution in [2.75, 3.05) is 19.6 Å². The number of aromatic nitrogens is 2. The number of H-pyrrole nitrogens is 1. The summed E-state index contributed by atoms with van der Waals surface area (Å²) in [4.78, 5) is 60.2. The Morgan fingerprint density at radius 3 is 2.21 bits per heavy atom. The maximum absolute atomic E-state index is 12.2. The molecule has 1 aromatic heterocycles. The summed E-state index contributed by atoms with van der Waals surface area (Å²) in [5, 5.41) is 11.0. The number of hydrogen-bond donors (Lipinski definition) is 3. The van der Waals surface area contributed by atoms with Gasteiger partial charge in [0.1, 0.15) is 5.69 Å². The number of amides is 4. The van der Waals surface area contributed by atoms with E-state index in [0.717, 1.165) is 4.90 Å². The van der Waals surface area contributed by atoms with Crippen LogP contribution in [-0.2, 0) is 4.79 Å². The highest BCUT2D eigenvalue weighted by Gasteiger charge is 2.34. The number of fused-ring (bicyclic) bond motifs is 1. The van der Waals surface area contributed by atoms with Gasteiger partial charge in [-0.25, -0.2) is 5.10 Å². The van der Waals surface area contributed by atoms with Crippen LogP contribution in [-0.4, -0.2) is 58.4 Å². The van der Waals surface area contributed by atoms with Gasteiger partial charge < -0.3 is 10.6 Å². The largest absolute Gasteiger partial charge is 0.354 e. The molecule has 0 radical (unpaired) electrons. The van der Waals surface area contributed by atoms with Gasteiger partial charge in [0.05, 0.1) is 11.1 Å². The van der Waals surface area contributed by atoms with Crippen LogP contribution in [0, 0.1) is 0 Å². The minimum atomic E-state index is -0.471. The Morgan fingerprint density at radius 2 is 1.59 bits per heavy atom. The first kappa shape index (κ1) is 19.9. The van der Waals surface area contributed by atoms with Gasteiger partial charge in [0, 0.05) is 32.1 Å². The van der Waals surface area contributed by atoms with Crippen molar-refractivity contribution in [2.24, 2.45) is 0 Å². The van der Waals surface area contributed by atoms with E-state index in [9.17, 15) is 24.0 Å². The van der Waals surface area contributed by atoms with Crippen LogP contribution in [0.2, 0.25) is 0 Å². The van der Waals surface area contributed by atoms with Crippen LogP contribution >= 0.6 is 0 Å². The molecule has 0 bridgehead atoms. The Labute approximate surface area is 165 Å². The van der Waals surface area contributed by atoms with Crippen LogP contribution in [0.25, 0.3) is 0 Å². The number of nitrogens with one attached hydrogen (secondary N) is 3. The smallest absolute Gasteiger partial charge is 0.271 e. The van der Waals surface area contributed by atoms with Gasteiger partial charge in [0.15, 0.2) is 0 Å². The topological polar surface area (TPSA) is 141 Å². The van der Waals surface area contributed by atoms with Crippen molar-refractivity contribution in [3.05, 3.63) is 63.6 Å². The van der Waals surface area contributed by atoms with Gasteiger partial charge in [-0.3, -0.25) is 28.9 Å². The maximum atomic E-state index is 12.2. The first-order chi connectivity index (χ1) is 14.0. The van der Waals surface area contributed by atoms with Crippen molar-refractivity contribution in [2.45, 2.75) is 12.8 Å². The molecule has 150 valence electrons. The number of nitrogens with zero attached hydrogens (tertiary/aromatic N) is 2. The van der Waals surface area contributed by atoms with Crippen molar-refractivity contribution in [1.82, 2.24) is 25.7 Å². The zero-order chi connectivity index (χ0) is 20.8. The number of hydrogen-bond acceptors (Lipinski definition) is 6. The molecule has 1 aliphatic rings. The molecule has 0 fully saturated rings. The summed E-state index contributed by atoms with van der Waals surface area (Å²) in [7, 11) is 0. The number of imide groups is 1. The SMILES string of the molecule is O=C(CCCN1C(=O)c2ccccc2C1=O)NCCNC(=O)c1ccc(=O)[nH]n1. The third-order valence-electron chi connectivity index (χ3n) is 4.31. The lowest BCUT2D eigenvalue weighted by Gasteiger charge is -2.13. The molecular formula is C19H19N5O5. The highest BCUT2D eigenvalue weighted by atomic mass is 16.2. The molecule has 1 aromatic carbocycles. The van der Waals surface area contributed by atoms with E-state index in [4.69, 9.17) is 0 Å². The standard InChI is InChI=1S/C19H19N5O5/c25-15(20-9-10-21-17(27)14-7-8-16(26)23-22-14)6-3-11-24-18(28)12-4-1-2-5-13(12)19(24)29/h1-2,4-5,7-8H,3,6,9-11H2,(H,20,25)(H,21,27)(H,23,26). The normalized spacial score (nSPS) is 12.6. The van der Waals surface area contributed by atoms with Gasteiger partial charge in [-0.2, -0.15) is 5.10 Å². The molecule has 3 rings (SSSR count). The average Bonchev–Trinajstić information content (AvgIpc) is 2.96. The van der Waals surface area contributed by atoms with E-state index in [1.807, 2.05) is 0 Å². The molecule has 4 amide bonds. The summed E-state index contributed by atoms with van der Waals surface area (Å²) in [6.45, 7) is 0.555. The lowest BCUT2D eigenvalue weighted by Crippen LogP contribution is -2.36. The highest BCUT2D eigenvalue weighted by Crippen LogP contribution is 2.22. The minimum absolute atomic E-state index is 0.0665. The van der Waals surface area contributed by atoms with E-state index < -0.39 is 11.5 Å². The van der Waals surface area contributed by atoms with Crippen molar-refractivity contribution >= 4 is 23.6 Å². The van der Waals surface area contributed by atoms with E-state index in [1.165, 1.54) is 12.1 Å². The summed E-state index contributed by atoms with van der Waals surface area (Å²) in [6.07, 6.45) is 0.480. The van der Waals surface area contributed by atoms with E-state index in [-0.39, 0.29) is 49.5 Å². The lowest BCUT2D eigenvalue weighted by atomic mass is 10.1. The Hall–Kier alpha value is -3.82. The zero-order valence-corrected chi connectivity index (χ0v) is 15.4. The molecule has 0 aliphatic carbocycles. The molecule has 0 saturated carbocycles. The van der Waals surface area contributed by atoms with Gasteiger partial charge in [-0.1, -0.05) is 12.1 Å². The van der Waals surface area contributed by atoms with Crippen LogP contribution in [0.3, 0.4) is 0 Å². The molecule has 0 spiro atoms. The van der Waals surface area contributed by atoms with Crippen LogP contribution < -0.4 is 16.2 Å². The van der Waals surface area contributed by atoms with Crippen LogP contribution in [0.1, 0.15) is 44.0 Å². The fraction of sp³-hybridized carbons (Fsp3) is 0.263. The first-order valence-corrected chi connectivity index (χ1v) is 9.03. The summed E-state index contributed by atoms with van der Waals surface area (Å²) in [5.74, 6) is -1.41. The zero-order valence-electron chi connectivity index (χ0n) is 15.4. The molecule has 0 saturated heterocycles. The monoisotopic (exact) mass is 397 g/mol. The molecular weight excluding hydrogens is 378 g/mol. The molecule has 29 heavy (non-hydrogen) atoms. The number of benzene rings is 1. The molecule has 0 unspecified atom stereocenters. The molecule has 10 nitrogen and oxygen atoms in total. The van der Waals surface area contributed by atoms with Crippen LogP contribution in [0.5, 0.6) is 0 Å². The summed E-state index contributed by atoms with van der Waals surface area (Å²) in [5.41, 5.74) is 0.427.